The zero-order chi connectivity index (χ0) is 45.3. The molecule has 6 aromatic carbocycles. The Morgan fingerprint density at radius 3 is 1.21 bits per heavy atom. The molecular weight excluding hydrogens is 833 g/mol. The molecule has 8 rings (SSSR count). The Hall–Kier alpha value is -5.53. The first kappa shape index (κ1) is 47.0. The second kappa shape index (κ2) is 24.3. The van der Waals surface area contributed by atoms with Gasteiger partial charge in [-0.2, -0.15) is 0 Å². The third-order valence-electron chi connectivity index (χ3n) is 12.4. The summed E-state index contributed by atoms with van der Waals surface area (Å²) in [5.74, 6) is -0.772. The van der Waals surface area contributed by atoms with E-state index in [9.17, 15) is 4.79 Å². The first-order valence-corrected chi connectivity index (χ1v) is 22.8. The quantitative estimate of drug-likeness (QED) is 0.0651. The van der Waals surface area contributed by atoms with Gasteiger partial charge in [-0.25, -0.2) is 4.79 Å². The van der Waals surface area contributed by atoms with Crippen LogP contribution in [0.4, 0.5) is 0 Å². The largest absolute Gasteiger partial charge is 0.467 e. The van der Waals surface area contributed by atoms with Crippen molar-refractivity contribution in [1.29, 1.82) is 0 Å². The van der Waals surface area contributed by atoms with Crippen molar-refractivity contribution >= 4 is 5.97 Å². The molecule has 0 aromatic heterocycles. The van der Waals surface area contributed by atoms with Crippen molar-refractivity contribution in [2.24, 2.45) is 11.8 Å². The molecule has 0 aliphatic carbocycles. The fraction of sp³-hybridized carbons (Fsp3) is 0.339. The van der Waals surface area contributed by atoms with Crippen LogP contribution in [0, 0.1) is 11.8 Å². The fourth-order valence-corrected chi connectivity index (χ4v) is 9.01. The molecule has 6 aromatic rings. The van der Waals surface area contributed by atoms with E-state index in [4.69, 9.17) is 42.6 Å². The molecule has 10 heteroatoms. The Balaban J connectivity index is 1.14. The highest BCUT2D eigenvalue weighted by Gasteiger charge is 2.53. The second-order valence-electron chi connectivity index (χ2n) is 16.8. The smallest absolute Gasteiger partial charge is 0.337 e. The lowest BCUT2D eigenvalue weighted by Gasteiger charge is -2.48. The lowest BCUT2D eigenvalue weighted by molar-refractivity contribution is -0.335. The summed E-state index contributed by atoms with van der Waals surface area (Å²) in [6.07, 6.45) is -5.31. The summed E-state index contributed by atoms with van der Waals surface area (Å²) in [7, 11) is 3.02. The van der Waals surface area contributed by atoms with Gasteiger partial charge in [0.05, 0.1) is 46.2 Å². The maximum Gasteiger partial charge on any atom is 0.337 e. The van der Waals surface area contributed by atoms with Gasteiger partial charge in [0, 0.05) is 13.0 Å². The molecule has 10 nitrogen and oxygen atoms in total. The van der Waals surface area contributed by atoms with Crippen LogP contribution in [0.5, 0.6) is 0 Å². The standard InChI is InChI=1S/C56H60O10/c1-58-54(57)52-50(61-36-43-27-15-6-16-28-43)51(62-37-44-29-17-7-18-30-44)53(63-38-45-31-19-8-20-32-45)56(66-52)64-39-48-49(60-35-42-25-13-5-14-26-42)46(33-40-21-9-3-10-22-40)47(55(59-2)65-48)34-41-23-11-4-12-24-41/h3-32,46-53,55-56H,33-39H2,1-2H3/t46-,47+,48-,49+,50+,51-,52-,53-,55+,56-/m0/s1. The minimum absolute atomic E-state index is 0.00731. The topological polar surface area (TPSA) is 100 Å². The molecule has 0 N–H and O–H groups in total. The SMILES string of the molecule is COC(=O)[C@H]1O[C@H](OC[C@@H]2O[C@@H](OC)[C@H](Cc3ccccc3)[C@H](Cc3ccccc3)[C@H]2OCc2ccccc2)[C@@H](OCc2ccccc2)[C@@H](OCc2ccccc2)[C@H]1OCc1ccccc1. The Bertz CT molecular complexity index is 2290. The Morgan fingerprint density at radius 2 is 0.788 bits per heavy atom. The van der Waals surface area contributed by atoms with E-state index in [0.717, 1.165) is 22.3 Å². The molecular formula is C56H60O10. The molecule has 2 fully saturated rings. The van der Waals surface area contributed by atoms with E-state index in [-0.39, 0.29) is 38.3 Å². The summed E-state index contributed by atoms with van der Waals surface area (Å²) in [5.41, 5.74) is 6.19. The van der Waals surface area contributed by atoms with Crippen LogP contribution in [0.2, 0.25) is 0 Å². The molecule has 2 saturated heterocycles. The third-order valence-corrected chi connectivity index (χ3v) is 12.4. The van der Waals surface area contributed by atoms with Crippen molar-refractivity contribution in [3.8, 4) is 0 Å². The van der Waals surface area contributed by atoms with Crippen molar-refractivity contribution < 1.29 is 47.4 Å². The third kappa shape index (κ3) is 12.7. The number of hydrogen-bond acceptors (Lipinski definition) is 10. The second-order valence-corrected chi connectivity index (χ2v) is 16.8. The number of rotatable bonds is 21. The molecule has 344 valence electrons. The fourth-order valence-electron chi connectivity index (χ4n) is 9.01. The van der Waals surface area contributed by atoms with Crippen molar-refractivity contribution in [2.75, 3.05) is 20.8 Å². The van der Waals surface area contributed by atoms with E-state index in [1.54, 1.807) is 7.11 Å². The highest BCUT2D eigenvalue weighted by atomic mass is 16.7. The predicted octanol–water partition coefficient (Wildman–Crippen LogP) is 9.33. The van der Waals surface area contributed by atoms with E-state index in [1.165, 1.54) is 18.2 Å². The van der Waals surface area contributed by atoms with Crippen LogP contribution >= 0.6 is 0 Å². The lowest BCUT2D eigenvalue weighted by Crippen LogP contribution is -2.63. The highest BCUT2D eigenvalue weighted by Crippen LogP contribution is 2.40. The minimum atomic E-state index is -1.23. The van der Waals surface area contributed by atoms with Gasteiger partial charge >= 0.3 is 5.97 Å². The number of hydrogen-bond donors (Lipinski definition) is 0. The molecule has 0 saturated carbocycles. The normalized spacial score (nSPS) is 25.2. The maximum absolute atomic E-state index is 13.9. The van der Waals surface area contributed by atoms with Crippen molar-refractivity contribution in [3.05, 3.63) is 215 Å². The van der Waals surface area contributed by atoms with Crippen LogP contribution in [0.3, 0.4) is 0 Å². The Labute approximate surface area is 388 Å². The van der Waals surface area contributed by atoms with Crippen LogP contribution in [0.15, 0.2) is 182 Å². The molecule has 0 radical (unpaired) electrons. The summed E-state index contributed by atoms with van der Waals surface area (Å²) in [5, 5.41) is 0. The van der Waals surface area contributed by atoms with Gasteiger partial charge in [-0.3, -0.25) is 0 Å². The summed E-state index contributed by atoms with van der Waals surface area (Å²) in [6, 6.07) is 60.5. The number of carbonyl (C=O) groups excluding carboxylic acids is 1. The van der Waals surface area contributed by atoms with Crippen molar-refractivity contribution in [3.63, 3.8) is 0 Å². The number of esters is 1. The molecule has 2 aliphatic heterocycles. The summed E-state index contributed by atoms with van der Waals surface area (Å²) < 4.78 is 59.5. The summed E-state index contributed by atoms with van der Waals surface area (Å²) in [4.78, 5) is 13.9. The summed E-state index contributed by atoms with van der Waals surface area (Å²) in [6.45, 7) is 0.973. The molecule has 0 spiro atoms. The molecule has 0 bridgehead atoms. The first-order valence-electron chi connectivity index (χ1n) is 22.8. The molecule has 2 heterocycles. The number of methoxy groups -OCH3 is 2. The van der Waals surface area contributed by atoms with E-state index < -0.39 is 55.2 Å². The Kier molecular flexibility index (Phi) is 17.3. The van der Waals surface area contributed by atoms with Crippen LogP contribution in [0.25, 0.3) is 0 Å². The maximum atomic E-state index is 13.9. The number of benzene rings is 6. The predicted molar refractivity (Wildman–Crippen MR) is 250 cm³/mol. The Morgan fingerprint density at radius 1 is 0.409 bits per heavy atom. The molecule has 66 heavy (non-hydrogen) atoms. The van der Waals surface area contributed by atoms with E-state index in [0.29, 0.717) is 19.4 Å². The first-order chi connectivity index (χ1) is 32.6. The lowest BCUT2D eigenvalue weighted by atomic mass is 9.75. The van der Waals surface area contributed by atoms with Gasteiger partial charge in [0.2, 0.25) is 0 Å². The van der Waals surface area contributed by atoms with Crippen LogP contribution in [-0.4, -0.2) is 76.0 Å². The average molecular weight is 893 g/mol. The zero-order valence-electron chi connectivity index (χ0n) is 37.6. The average Bonchev–Trinajstić information content (AvgIpc) is 3.38. The number of ether oxygens (including phenoxy) is 9. The zero-order valence-corrected chi connectivity index (χ0v) is 37.6. The van der Waals surface area contributed by atoms with Crippen molar-refractivity contribution in [2.45, 2.75) is 88.5 Å². The highest BCUT2D eigenvalue weighted by molar-refractivity contribution is 5.75. The molecule has 2 aliphatic rings. The molecule has 0 amide bonds. The van der Waals surface area contributed by atoms with E-state index in [2.05, 4.69) is 60.7 Å². The van der Waals surface area contributed by atoms with Gasteiger partial charge in [-0.15, -0.1) is 0 Å². The number of carbonyl (C=O) groups is 1. The molecule has 10 atom stereocenters. The van der Waals surface area contributed by atoms with Gasteiger partial charge in [0.25, 0.3) is 0 Å². The van der Waals surface area contributed by atoms with Crippen LogP contribution < -0.4 is 0 Å². The minimum Gasteiger partial charge on any atom is -0.467 e. The van der Waals surface area contributed by atoms with Gasteiger partial charge in [-0.1, -0.05) is 182 Å². The monoisotopic (exact) mass is 892 g/mol. The van der Waals surface area contributed by atoms with E-state index >= 15 is 0 Å². The van der Waals surface area contributed by atoms with Gasteiger partial charge in [0.15, 0.2) is 18.7 Å². The van der Waals surface area contributed by atoms with Crippen molar-refractivity contribution in [1.82, 2.24) is 0 Å². The van der Waals surface area contributed by atoms with Gasteiger partial charge < -0.3 is 42.6 Å². The summed E-state index contributed by atoms with van der Waals surface area (Å²) >= 11 is 0. The van der Waals surface area contributed by atoms with E-state index in [1.807, 2.05) is 121 Å². The van der Waals surface area contributed by atoms with Crippen LogP contribution in [0.1, 0.15) is 33.4 Å². The van der Waals surface area contributed by atoms with Gasteiger partial charge in [-0.05, 0) is 52.1 Å². The van der Waals surface area contributed by atoms with Crippen LogP contribution in [-0.2, 0) is 86.7 Å². The van der Waals surface area contributed by atoms with Gasteiger partial charge in [0.1, 0.15) is 24.4 Å². The molecule has 0 unspecified atom stereocenters.